The molecule has 0 unspecified atom stereocenters. The van der Waals surface area contributed by atoms with Crippen molar-refractivity contribution in [2.75, 3.05) is 56.8 Å². The Morgan fingerprint density at radius 2 is 2.03 bits per heavy atom. The van der Waals surface area contributed by atoms with Crippen molar-refractivity contribution >= 4 is 46.5 Å². The number of likely N-dealkylation sites (N-methyl/N-ethyl adjacent to an activating group) is 1. The van der Waals surface area contributed by atoms with Gasteiger partial charge in [0.25, 0.3) is 11.8 Å². The number of thiophene rings is 1. The molecule has 1 saturated heterocycles. The monoisotopic (exact) mass is 498 g/mol. The van der Waals surface area contributed by atoms with Crippen LogP contribution in [0.4, 0.5) is 17.5 Å². The first kappa shape index (κ1) is 22.8. The number of fused-ring (bicyclic) bond motifs is 3. The summed E-state index contributed by atoms with van der Waals surface area (Å²) in [4.78, 5) is 26.5. The van der Waals surface area contributed by atoms with Crippen LogP contribution in [-0.4, -0.2) is 77.6 Å². The fourth-order valence-corrected chi connectivity index (χ4v) is 6.25. The Morgan fingerprint density at radius 3 is 2.74 bits per heavy atom. The Balaban J connectivity index is 1.49. The van der Waals surface area contributed by atoms with Crippen molar-refractivity contribution in [3.05, 3.63) is 28.3 Å². The van der Waals surface area contributed by atoms with Gasteiger partial charge >= 0.3 is 0 Å². The topological polar surface area (TPSA) is 122 Å². The number of rotatable bonds is 6. The number of methoxy groups -OCH3 is 1. The second-order valence-electron chi connectivity index (χ2n) is 8.25. The van der Waals surface area contributed by atoms with Crippen molar-refractivity contribution in [3.63, 3.8) is 0 Å². The smallest absolute Gasteiger partial charge is 0.259 e. The molecule has 178 valence electrons. The van der Waals surface area contributed by atoms with Crippen LogP contribution in [0, 0.1) is 0 Å². The predicted octanol–water partition coefficient (Wildman–Crippen LogP) is 2.42. The van der Waals surface area contributed by atoms with Crippen LogP contribution in [0.1, 0.15) is 20.8 Å². The number of nitrogens with two attached hydrogens (primary N) is 1. The van der Waals surface area contributed by atoms with Crippen LogP contribution in [0.3, 0.4) is 0 Å². The number of carbonyl (C=O) groups is 1. The van der Waals surface area contributed by atoms with Gasteiger partial charge in [-0.25, -0.2) is 9.97 Å². The molecule has 3 aromatic heterocycles. The van der Waals surface area contributed by atoms with Gasteiger partial charge in [-0.15, -0.1) is 33.3 Å². The Kier molecular flexibility index (Phi) is 6.28. The van der Waals surface area contributed by atoms with E-state index in [2.05, 4.69) is 37.3 Å². The number of ether oxygens (including phenoxy) is 1. The summed E-state index contributed by atoms with van der Waals surface area (Å²) in [5.41, 5.74) is 10.2. The quantitative estimate of drug-likeness (QED) is 0.490. The lowest BCUT2D eigenvalue weighted by Crippen LogP contribution is -2.44. The first-order chi connectivity index (χ1) is 16.5. The van der Waals surface area contributed by atoms with Crippen molar-refractivity contribution in [1.29, 1.82) is 0 Å². The number of anilines is 3. The van der Waals surface area contributed by atoms with Crippen LogP contribution in [0.15, 0.2) is 16.5 Å². The van der Waals surface area contributed by atoms with Crippen molar-refractivity contribution in [2.45, 2.75) is 17.1 Å². The number of amides is 1. The second-order valence-corrected chi connectivity index (χ2v) is 10.3. The largest absolute Gasteiger partial charge is 0.478 e. The van der Waals surface area contributed by atoms with Gasteiger partial charge in [-0.2, -0.15) is 0 Å². The van der Waals surface area contributed by atoms with Crippen molar-refractivity contribution in [3.8, 4) is 17.1 Å². The maximum Gasteiger partial charge on any atom is 0.259 e. The Morgan fingerprint density at radius 1 is 1.24 bits per heavy atom. The minimum atomic E-state index is -0.388. The first-order valence-corrected chi connectivity index (χ1v) is 13.0. The molecule has 1 aliphatic heterocycles. The van der Waals surface area contributed by atoms with Gasteiger partial charge in [-0.3, -0.25) is 4.79 Å². The molecule has 1 fully saturated rings. The van der Waals surface area contributed by atoms with E-state index in [9.17, 15) is 4.79 Å². The van der Waals surface area contributed by atoms with Gasteiger partial charge in [0.05, 0.1) is 21.9 Å². The molecule has 0 atom stereocenters. The van der Waals surface area contributed by atoms with E-state index in [1.165, 1.54) is 11.3 Å². The van der Waals surface area contributed by atoms with Gasteiger partial charge in [-0.1, -0.05) is 0 Å². The lowest BCUT2D eigenvalue weighted by Gasteiger charge is -2.33. The zero-order chi connectivity index (χ0) is 23.8. The minimum Gasteiger partial charge on any atom is -0.478 e. The van der Waals surface area contributed by atoms with Gasteiger partial charge in [-0.05, 0) is 37.3 Å². The summed E-state index contributed by atoms with van der Waals surface area (Å²) in [6.07, 6.45) is 5.37. The number of piperazine rings is 1. The third-order valence-electron chi connectivity index (χ3n) is 6.14. The highest BCUT2D eigenvalue weighted by Gasteiger charge is 2.29. The van der Waals surface area contributed by atoms with Crippen LogP contribution in [-0.2, 0) is 12.8 Å². The van der Waals surface area contributed by atoms with Gasteiger partial charge in [0.1, 0.15) is 5.69 Å². The first-order valence-electron chi connectivity index (χ1n) is 11.0. The number of hydrogen-bond donors (Lipinski definition) is 2. The van der Waals surface area contributed by atoms with E-state index in [0.717, 1.165) is 71.4 Å². The highest BCUT2D eigenvalue weighted by atomic mass is 32.2. The van der Waals surface area contributed by atoms with E-state index in [1.54, 1.807) is 18.9 Å². The number of nitrogens with one attached hydrogen (secondary N) is 1. The maximum atomic E-state index is 12.0. The fourth-order valence-electron chi connectivity index (χ4n) is 4.31. The number of carbonyl (C=O) groups excluding carboxylic acids is 1. The molecule has 3 aromatic rings. The SMILES string of the molecule is COc1nnc(N2CCN(C)CC2)cc1Nc1ncc2c(n1)-c1c(SC)sc(C(N)=O)c1CC2. The normalized spacial score (nSPS) is 15.6. The number of aryl methyl sites for hydroxylation is 1. The molecule has 1 aliphatic carbocycles. The second kappa shape index (κ2) is 9.35. The summed E-state index contributed by atoms with van der Waals surface area (Å²) in [5, 5.41) is 11.9. The molecular formula is C22H26N8O2S2. The summed E-state index contributed by atoms with van der Waals surface area (Å²) in [7, 11) is 3.68. The van der Waals surface area contributed by atoms with Crippen molar-refractivity contribution in [1.82, 2.24) is 25.1 Å². The molecule has 0 radical (unpaired) electrons. The number of primary amides is 1. The molecule has 0 aromatic carbocycles. The highest BCUT2D eigenvalue weighted by molar-refractivity contribution is 8.00. The molecule has 10 nitrogen and oxygen atoms in total. The molecule has 12 heteroatoms. The van der Waals surface area contributed by atoms with Crippen LogP contribution in [0.5, 0.6) is 5.88 Å². The fraction of sp³-hybridized carbons (Fsp3) is 0.409. The standard InChI is InChI=1S/C22H26N8O2S2/c1-29-6-8-30(9-7-29)15-10-14(20(32-2)28-27-15)25-22-24-11-12-4-5-13-16(17(12)26-22)21(33-3)34-18(13)19(23)31/h10-11H,4-9H2,1-3H3,(H2,23,31)(H,24,25,26,27). The molecule has 1 amide bonds. The van der Waals surface area contributed by atoms with Gasteiger partial charge < -0.3 is 25.6 Å². The van der Waals surface area contributed by atoms with Crippen molar-refractivity contribution < 1.29 is 9.53 Å². The minimum absolute atomic E-state index is 0.372. The van der Waals surface area contributed by atoms with Crippen molar-refractivity contribution in [2.24, 2.45) is 5.73 Å². The van der Waals surface area contributed by atoms with E-state index < -0.39 is 0 Å². The van der Waals surface area contributed by atoms with E-state index >= 15 is 0 Å². The summed E-state index contributed by atoms with van der Waals surface area (Å²) in [6.45, 7) is 3.71. The zero-order valence-electron chi connectivity index (χ0n) is 19.3. The van der Waals surface area contributed by atoms with Crippen LogP contribution < -0.4 is 20.7 Å². The third kappa shape index (κ3) is 4.17. The average Bonchev–Trinajstić information content (AvgIpc) is 3.24. The molecule has 2 aliphatic rings. The molecule has 34 heavy (non-hydrogen) atoms. The Bertz CT molecular complexity index is 1240. The van der Waals surface area contributed by atoms with Gasteiger partial charge in [0, 0.05) is 44.0 Å². The van der Waals surface area contributed by atoms with Crippen LogP contribution in [0.2, 0.25) is 0 Å². The highest BCUT2D eigenvalue weighted by Crippen LogP contribution is 2.45. The van der Waals surface area contributed by atoms with E-state index in [4.69, 9.17) is 15.5 Å². The van der Waals surface area contributed by atoms with E-state index in [1.807, 2.05) is 18.5 Å². The van der Waals surface area contributed by atoms with Gasteiger partial charge in [0.15, 0.2) is 5.82 Å². The summed E-state index contributed by atoms with van der Waals surface area (Å²) < 4.78 is 6.48. The molecule has 0 bridgehead atoms. The number of nitrogens with zero attached hydrogens (tertiary/aromatic N) is 6. The Labute approximate surface area is 205 Å². The molecule has 3 N–H and O–H groups in total. The average molecular weight is 499 g/mol. The van der Waals surface area contributed by atoms with Crippen LogP contribution in [0.25, 0.3) is 11.3 Å². The van der Waals surface area contributed by atoms with E-state index in [0.29, 0.717) is 22.4 Å². The molecule has 0 saturated carbocycles. The summed E-state index contributed by atoms with van der Waals surface area (Å²) in [6, 6.07) is 1.93. The van der Waals surface area contributed by atoms with Crippen LogP contribution >= 0.6 is 23.1 Å². The molecule has 0 spiro atoms. The molecule has 4 heterocycles. The zero-order valence-corrected chi connectivity index (χ0v) is 20.9. The summed E-state index contributed by atoms with van der Waals surface area (Å²) in [5.74, 6) is 1.20. The lowest BCUT2D eigenvalue weighted by molar-refractivity contribution is 0.100. The van der Waals surface area contributed by atoms with E-state index in [-0.39, 0.29) is 5.91 Å². The predicted molar refractivity (Wildman–Crippen MR) is 135 cm³/mol. The Hall–Kier alpha value is -2.96. The number of aromatic nitrogens is 4. The number of thioether (sulfide) groups is 1. The van der Waals surface area contributed by atoms with Gasteiger partial charge in [0.2, 0.25) is 5.95 Å². The maximum absolute atomic E-state index is 12.0. The lowest BCUT2D eigenvalue weighted by atomic mass is 9.91. The third-order valence-corrected chi connectivity index (χ3v) is 8.51. The number of hydrogen-bond acceptors (Lipinski definition) is 11. The molecular weight excluding hydrogens is 472 g/mol. The summed E-state index contributed by atoms with van der Waals surface area (Å²) >= 11 is 3.04. The molecule has 5 rings (SSSR count).